The summed E-state index contributed by atoms with van der Waals surface area (Å²) in [5.41, 5.74) is 2.96. The van der Waals surface area contributed by atoms with Gasteiger partial charge in [-0.3, -0.25) is 4.72 Å². The molecule has 9 heteroatoms. The van der Waals surface area contributed by atoms with Crippen LogP contribution in [-0.2, 0) is 22.9 Å². The molecule has 0 saturated heterocycles. The Morgan fingerprint density at radius 2 is 1.66 bits per heavy atom. The van der Waals surface area contributed by atoms with E-state index in [4.69, 9.17) is 9.47 Å². The number of aromatic hydroxyl groups is 1. The summed E-state index contributed by atoms with van der Waals surface area (Å²) in [6.07, 6.45) is 1.28. The van der Waals surface area contributed by atoms with Crippen molar-refractivity contribution in [1.29, 1.82) is 0 Å². The van der Waals surface area contributed by atoms with E-state index in [1.165, 1.54) is 12.1 Å². The zero-order chi connectivity index (χ0) is 24.8. The zero-order valence-corrected chi connectivity index (χ0v) is 20.3. The van der Waals surface area contributed by atoms with Crippen LogP contribution in [0.2, 0.25) is 0 Å². The zero-order valence-electron chi connectivity index (χ0n) is 19.5. The number of sulfonamides is 1. The van der Waals surface area contributed by atoms with Gasteiger partial charge < -0.3 is 25.0 Å². The molecule has 1 aliphatic heterocycles. The van der Waals surface area contributed by atoms with Crippen molar-refractivity contribution in [2.45, 2.75) is 25.0 Å². The highest BCUT2D eigenvalue weighted by atomic mass is 32.2. The minimum absolute atomic E-state index is 0.0786. The molecular weight excluding hydrogens is 468 g/mol. The monoisotopic (exact) mass is 498 g/mol. The number of phenols is 1. The first-order valence-corrected chi connectivity index (χ1v) is 13.3. The third kappa shape index (κ3) is 7.11. The van der Waals surface area contributed by atoms with Crippen LogP contribution in [0.4, 0.5) is 5.69 Å². The van der Waals surface area contributed by atoms with Crippen molar-refractivity contribution < 1.29 is 28.1 Å². The Balaban J connectivity index is 1.46. The summed E-state index contributed by atoms with van der Waals surface area (Å²) in [5, 5.41) is 24.1. The molecule has 0 amide bonds. The molecule has 0 bridgehead atoms. The molecule has 3 aromatic rings. The van der Waals surface area contributed by atoms with Crippen LogP contribution in [0, 0.1) is 0 Å². The van der Waals surface area contributed by atoms with Gasteiger partial charge in [0.25, 0.3) is 0 Å². The molecule has 1 heterocycles. The maximum atomic E-state index is 11.5. The standard InChI is InChI=1S/C26H30N2O6S/c1-35(31,32)28-23-15-19(7-9-24(23)30)13-21(29)17-27-22(14-18-5-3-2-4-6-18)20-8-10-25-26(16-20)34-12-11-33-25/h2-10,15-16,21-22,27-30H,11-14,17H2,1H3. The summed E-state index contributed by atoms with van der Waals surface area (Å²) in [5.74, 6) is 1.27. The first-order chi connectivity index (χ1) is 16.8. The van der Waals surface area contributed by atoms with Crippen molar-refractivity contribution in [3.05, 3.63) is 83.4 Å². The third-order valence-corrected chi connectivity index (χ3v) is 6.27. The molecule has 186 valence electrons. The third-order valence-electron chi connectivity index (χ3n) is 5.68. The second-order valence-electron chi connectivity index (χ2n) is 8.64. The predicted molar refractivity (Wildman–Crippen MR) is 135 cm³/mol. The number of nitrogens with one attached hydrogen (secondary N) is 2. The van der Waals surface area contributed by atoms with Gasteiger partial charge in [-0.05, 0) is 53.8 Å². The normalized spacial score (nSPS) is 14.8. The number of aliphatic hydroxyl groups excluding tert-OH is 1. The van der Waals surface area contributed by atoms with Crippen LogP contribution < -0.4 is 19.5 Å². The van der Waals surface area contributed by atoms with Gasteiger partial charge in [-0.15, -0.1) is 0 Å². The number of ether oxygens (including phenoxy) is 2. The lowest BCUT2D eigenvalue weighted by Crippen LogP contribution is -2.32. The van der Waals surface area contributed by atoms with Crippen molar-refractivity contribution in [1.82, 2.24) is 5.32 Å². The van der Waals surface area contributed by atoms with E-state index in [0.717, 1.165) is 29.6 Å². The van der Waals surface area contributed by atoms with Gasteiger partial charge in [-0.2, -0.15) is 0 Å². The summed E-state index contributed by atoms with van der Waals surface area (Å²) >= 11 is 0. The molecule has 2 atom stereocenters. The van der Waals surface area contributed by atoms with E-state index in [1.54, 1.807) is 6.07 Å². The average molecular weight is 499 g/mol. The van der Waals surface area contributed by atoms with E-state index in [9.17, 15) is 18.6 Å². The fraction of sp³-hybridized carbons (Fsp3) is 0.308. The molecule has 35 heavy (non-hydrogen) atoms. The van der Waals surface area contributed by atoms with Crippen molar-refractivity contribution in [2.75, 3.05) is 30.7 Å². The highest BCUT2D eigenvalue weighted by molar-refractivity contribution is 7.92. The first kappa shape index (κ1) is 24.8. The molecule has 8 nitrogen and oxygen atoms in total. The van der Waals surface area contributed by atoms with Crippen molar-refractivity contribution in [3.63, 3.8) is 0 Å². The Kier molecular flexibility index (Phi) is 7.80. The Hall–Kier alpha value is -3.27. The lowest BCUT2D eigenvalue weighted by Gasteiger charge is -2.24. The summed E-state index contributed by atoms with van der Waals surface area (Å²) in [7, 11) is -3.54. The van der Waals surface area contributed by atoms with Gasteiger partial charge in [0.15, 0.2) is 11.5 Å². The minimum Gasteiger partial charge on any atom is -0.506 e. The van der Waals surface area contributed by atoms with Crippen LogP contribution in [0.1, 0.15) is 22.7 Å². The minimum atomic E-state index is -3.54. The first-order valence-electron chi connectivity index (χ1n) is 11.4. The van der Waals surface area contributed by atoms with E-state index in [1.807, 2.05) is 36.4 Å². The molecule has 3 aromatic carbocycles. The fourth-order valence-corrected chi connectivity index (χ4v) is 4.61. The Morgan fingerprint density at radius 3 is 2.40 bits per heavy atom. The summed E-state index contributed by atoms with van der Waals surface area (Å²) in [6.45, 7) is 1.35. The molecule has 0 saturated carbocycles. The molecule has 1 aliphatic rings. The molecular formula is C26H30N2O6S. The van der Waals surface area contributed by atoms with Crippen molar-refractivity contribution in [3.8, 4) is 17.2 Å². The highest BCUT2D eigenvalue weighted by Gasteiger charge is 2.19. The number of benzene rings is 3. The van der Waals surface area contributed by atoms with E-state index in [0.29, 0.717) is 31.1 Å². The molecule has 0 aliphatic carbocycles. The van der Waals surface area contributed by atoms with E-state index in [-0.39, 0.29) is 23.9 Å². The Bertz CT molecular complexity index is 1250. The van der Waals surface area contributed by atoms with Gasteiger partial charge in [0.1, 0.15) is 19.0 Å². The maximum absolute atomic E-state index is 11.5. The second kappa shape index (κ2) is 11.0. The second-order valence-corrected chi connectivity index (χ2v) is 10.4. The van der Waals surface area contributed by atoms with Crippen LogP contribution >= 0.6 is 0 Å². The van der Waals surface area contributed by atoms with E-state index in [2.05, 4.69) is 22.2 Å². The summed E-state index contributed by atoms with van der Waals surface area (Å²) < 4.78 is 36.8. The Labute approximate surface area is 205 Å². The van der Waals surface area contributed by atoms with Gasteiger partial charge in [-0.25, -0.2) is 8.42 Å². The van der Waals surface area contributed by atoms with Crippen molar-refractivity contribution in [2.24, 2.45) is 0 Å². The molecule has 0 fully saturated rings. The Morgan fingerprint density at radius 1 is 0.914 bits per heavy atom. The highest BCUT2D eigenvalue weighted by Crippen LogP contribution is 2.33. The average Bonchev–Trinajstić information content (AvgIpc) is 2.83. The number of aliphatic hydroxyl groups is 1. The lowest BCUT2D eigenvalue weighted by atomic mass is 9.97. The van der Waals surface area contributed by atoms with Crippen LogP contribution in [-0.4, -0.2) is 50.7 Å². The van der Waals surface area contributed by atoms with Gasteiger partial charge in [0, 0.05) is 12.6 Å². The molecule has 0 spiro atoms. The van der Waals surface area contributed by atoms with Gasteiger partial charge in [0.05, 0.1) is 18.0 Å². The number of hydrogen-bond acceptors (Lipinski definition) is 7. The number of hydrogen-bond donors (Lipinski definition) is 4. The number of anilines is 1. The molecule has 4 rings (SSSR count). The molecule has 2 unspecified atom stereocenters. The van der Waals surface area contributed by atoms with Gasteiger partial charge in [0.2, 0.25) is 10.0 Å². The largest absolute Gasteiger partial charge is 0.506 e. The predicted octanol–water partition coefficient (Wildman–Crippen LogP) is 3.01. The van der Waals surface area contributed by atoms with Crippen LogP contribution in [0.15, 0.2) is 66.7 Å². The maximum Gasteiger partial charge on any atom is 0.229 e. The SMILES string of the molecule is CS(=O)(=O)Nc1cc(CC(O)CNC(Cc2ccccc2)c2ccc3c(c2)OCCO3)ccc1O. The van der Waals surface area contributed by atoms with Crippen LogP contribution in [0.5, 0.6) is 17.2 Å². The molecule has 4 N–H and O–H groups in total. The van der Waals surface area contributed by atoms with Crippen LogP contribution in [0.25, 0.3) is 0 Å². The summed E-state index contributed by atoms with van der Waals surface area (Å²) in [6, 6.07) is 20.5. The number of rotatable bonds is 10. The van der Waals surface area contributed by atoms with Gasteiger partial charge in [-0.1, -0.05) is 42.5 Å². The smallest absolute Gasteiger partial charge is 0.229 e. The number of fused-ring (bicyclic) bond motifs is 1. The van der Waals surface area contributed by atoms with Gasteiger partial charge >= 0.3 is 0 Å². The molecule has 0 radical (unpaired) electrons. The fourth-order valence-electron chi connectivity index (χ4n) is 4.05. The van der Waals surface area contributed by atoms with E-state index >= 15 is 0 Å². The van der Waals surface area contributed by atoms with E-state index < -0.39 is 16.1 Å². The topological polar surface area (TPSA) is 117 Å². The molecule has 0 aromatic heterocycles. The quantitative estimate of drug-likeness (QED) is 0.318. The number of phenolic OH excluding ortho intramolecular Hbond substituents is 1. The van der Waals surface area contributed by atoms with Crippen LogP contribution in [0.3, 0.4) is 0 Å². The summed E-state index contributed by atoms with van der Waals surface area (Å²) in [4.78, 5) is 0. The lowest BCUT2D eigenvalue weighted by molar-refractivity contribution is 0.166. The van der Waals surface area contributed by atoms with Crippen molar-refractivity contribution >= 4 is 15.7 Å².